The third-order valence-electron chi connectivity index (χ3n) is 3.20. The molecule has 0 radical (unpaired) electrons. The summed E-state index contributed by atoms with van der Waals surface area (Å²) in [5, 5.41) is 2.72. The lowest BCUT2D eigenvalue weighted by Crippen LogP contribution is -2.41. The normalized spacial score (nSPS) is 18.0. The van der Waals surface area contributed by atoms with Crippen molar-refractivity contribution in [3.05, 3.63) is 24.3 Å². The predicted octanol–water partition coefficient (Wildman–Crippen LogP) is 0.0897. The summed E-state index contributed by atoms with van der Waals surface area (Å²) in [6, 6.07) is 5.91. The van der Waals surface area contributed by atoms with Gasteiger partial charge in [0.2, 0.25) is 5.91 Å². The van der Waals surface area contributed by atoms with E-state index in [0.717, 1.165) is 4.90 Å². The van der Waals surface area contributed by atoms with E-state index in [4.69, 9.17) is 4.74 Å². The van der Waals surface area contributed by atoms with Gasteiger partial charge >= 0.3 is 5.97 Å². The number of anilines is 1. The molecule has 0 spiro atoms. The number of esters is 1. The average molecular weight is 292 g/mol. The number of ether oxygens (including phenoxy) is 2. The third kappa shape index (κ3) is 3.19. The molecule has 0 aromatic heterocycles. The second kappa shape index (κ2) is 6.36. The molecule has 2 rings (SSSR count). The highest BCUT2D eigenvalue weighted by Gasteiger charge is 2.39. The third-order valence-corrected chi connectivity index (χ3v) is 3.20. The number of nitrogens with zero attached hydrogens (tertiary/aromatic N) is 1. The topological polar surface area (TPSA) is 84.9 Å². The molecule has 0 aliphatic carbocycles. The summed E-state index contributed by atoms with van der Waals surface area (Å²) in [5.74, 6) is -0.544. The van der Waals surface area contributed by atoms with Crippen LogP contribution in [0.5, 0.6) is 5.75 Å². The fourth-order valence-corrected chi connectivity index (χ4v) is 2.07. The second-order valence-electron chi connectivity index (χ2n) is 4.48. The summed E-state index contributed by atoms with van der Waals surface area (Å²) < 4.78 is 9.52. The standard InChI is InChI=1S/C14H16N2O5/c1-20-10-5-3-9(4-6-10)16-12(17)7-11(14(16)19)15-8-13(18)21-2/h3-6,11,15H,7-8H2,1-2H3/t11-/m1/s1. The lowest BCUT2D eigenvalue weighted by molar-refractivity contribution is -0.139. The summed E-state index contributed by atoms with van der Waals surface area (Å²) in [5.41, 5.74) is 0.480. The highest BCUT2D eigenvalue weighted by atomic mass is 16.5. The van der Waals surface area contributed by atoms with Gasteiger partial charge in [0.25, 0.3) is 5.91 Å². The van der Waals surface area contributed by atoms with Crippen LogP contribution in [0.3, 0.4) is 0 Å². The molecule has 7 heteroatoms. The molecular weight excluding hydrogens is 276 g/mol. The molecule has 0 saturated carbocycles. The van der Waals surface area contributed by atoms with E-state index in [9.17, 15) is 14.4 Å². The van der Waals surface area contributed by atoms with Crippen molar-refractivity contribution in [3.63, 3.8) is 0 Å². The van der Waals surface area contributed by atoms with Crippen molar-refractivity contribution in [1.82, 2.24) is 5.32 Å². The minimum Gasteiger partial charge on any atom is -0.497 e. The van der Waals surface area contributed by atoms with Gasteiger partial charge in [0.05, 0.1) is 38.9 Å². The van der Waals surface area contributed by atoms with Gasteiger partial charge in [0.1, 0.15) is 5.75 Å². The number of methoxy groups -OCH3 is 2. The van der Waals surface area contributed by atoms with Crippen LogP contribution >= 0.6 is 0 Å². The number of hydrogen-bond acceptors (Lipinski definition) is 6. The maximum Gasteiger partial charge on any atom is 0.319 e. The number of carbonyl (C=O) groups excluding carboxylic acids is 3. The number of amides is 2. The van der Waals surface area contributed by atoms with Crippen LogP contribution in [0.25, 0.3) is 0 Å². The van der Waals surface area contributed by atoms with Crippen LogP contribution < -0.4 is 15.0 Å². The van der Waals surface area contributed by atoms with E-state index in [0.29, 0.717) is 11.4 Å². The summed E-state index contributed by atoms with van der Waals surface area (Å²) >= 11 is 0. The molecule has 21 heavy (non-hydrogen) atoms. The maximum atomic E-state index is 12.2. The molecule has 0 unspecified atom stereocenters. The van der Waals surface area contributed by atoms with E-state index in [1.54, 1.807) is 24.3 Å². The Kier molecular flexibility index (Phi) is 4.54. The van der Waals surface area contributed by atoms with E-state index in [2.05, 4.69) is 10.1 Å². The van der Waals surface area contributed by atoms with Crippen molar-refractivity contribution < 1.29 is 23.9 Å². The molecule has 1 aliphatic rings. The van der Waals surface area contributed by atoms with E-state index in [1.165, 1.54) is 14.2 Å². The highest BCUT2D eigenvalue weighted by molar-refractivity contribution is 6.22. The number of hydrogen-bond donors (Lipinski definition) is 1. The Bertz CT molecular complexity index is 555. The Balaban J connectivity index is 2.08. The SMILES string of the molecule is COC(=O)CN[C@@H]1CC(=O)N(c2ccc(OC)cc2)C1=O. The zero-order chi connectivity index (χ0) is 15.4. The first-order valence-corrected chi connectivity index (χ1v) is 6.38. The van der Waals surface area contributed by atoms with Gasteiger partial charge in [0.15, 0.2) is 0 Å². The molecular formula is C14H16N2O5. The predicted molar refractivity (Wildman–Crippen MR) is 73.9 cm³/mol. The second-order valence-corrected chi connectivity index (χ2v) is 4.48. The lowest BCUT2D eigenvalue weighted by atomic mass is 10.2. The number of imide groups is 1. The van der Waals surface area contributed by atoms with Crippen LogP contribution in [0, 0.1) is 0 Å². The highest BCUT2D eigenvalue weighted by Crippen LogP contribution is 2.24. The van der Waals surface area contributed by atoms with Crippen molar-refractivity contribution in [1.29, 1.82) is 0 Å². The number of nitrogens with one attached hydrogen (secondary N) is 1. The molecule has 1 atom stereocenters. The van der Waals surface area contributed by atoms with Crippen LogP contribution in [-0.4, -0.2) is 44.6 Å². The fraction of sp³-hybridized carbons (Fsp3) is 0.357. The smallest absolute Gasteiger partial charge is 0.319 e. The van der Waals surface area contributed by atoms with Crippen molar-refractivity contribution >= 4 is 23.5 Å². The largest absolute Gasteiger partial charge is 0.497 e. The van der Waals surface area contributed by atoms with Gasteiger partial charge in [-0.25, -0.2) is 4.90 Å². The van der Waals surface area contributed by atoms with Crippen LogP contribution in [0.4, 0.5) is 5.69 Å². The molecule has 1 aromatic carbocycles. The molecule has 0 bridgehead atoms. The quantitative estimate of drug-likeness (QED) is 0.611. The monoisotopic (exact) mass is 292 g/mol. The first kappa shape index (κ1) is 15.0. The number of rotatable bonds is 5. The molecule has 112 valence electrons. The Morgan fingerprint density at radius 1 is 1.29 bits per heavy atom. The Labute approximate surface area is 121 Å². The van der Waals surface area contributed by atoms with Crippen molar-refractivity contribution in [3.8, 4) is 5.75 Å². The van der Waals surface area contributed by atoms with Gasteiger partial charge in [-0.2, -0.15) is 0 Å². The van der Waals surface area contributed by atoms with E-state index in [1.807, 2.05) is 0 Å². The van der Waals surface area contributed by atoms with Crippen LogP contribution in [0.15, 0.2) is 24.3 Å². The summed E-state index contributed by atoms with van der Waals surface area (Å²) in [7, 11) is 2.79. The van der Waals surface area contributed by atoms with Gasteiger partial charge < -0.3 is 9.47 Å². The van der Waals surface area contributed by atoms with E-state index in [-0.39, 0.29) is 24.8 Å². The molecule has 1 N–H and O–H groups in total. The van der Waals surface area contributed by atoms with Crippen molar-refractivity contribution in [2.75, 3.05) is 25.7 Å². The van der Waals surface area contributed by atoms with Gasteiger partial charge in [-0.05, 0) is 24.3 Å². The fourth-order valence-electron chi connectivity index (χ4n) is 2.07. The lowest BCUT2D eigenvalue weighted by Gasteiger charge is -2.15. The molecule has 1 aromatic rings. The van der Waals surface area contributed by atoms with Crippen LogP contribution in [0.1, 0.15) is 6.42 Å². The van der Waals surface area contributed by atoms with Crippen molar-refractivity contribution in [2.24, 2.45) is 0 Å². The molecule has 2 amide bonds. The van der Waals surface area contributed by atoms with Gasteiger partial charge in [-0.15, -0.1) is 0 Å². The van der Waals surface area contributed by atoms with Gasteiger partial charge in [-0.3, -0.25) is 19.7 Å². The van der Waals surface area contributed by atoms with Gasteiger partial charge in [-0.1, -0.05) is 0 Å². The minimum absolute atomic E-state index is 0.0157. The Hall–Kier alpha value is -2.41. The minimum atomic E-state index is -0.710. The number of benzene rings is 1. The van der Waals surface area contributed by atoms with Crippen LogP contribution in [-0.2, 0) is 19.1 Å². The molecule has 7 nitrogen and oxygen atoms in total. The zero-order valence-electron chi connectivity index (χ0n) is 11.8. The van der Waals surface area contributed by atoms with Crippen molar-refractivity contribution in [2.45, 2.75) is 12.5 Å². The van der Waals surface area contributed by atoms with Crippen LogP contribution in [0.2, 0.25) is 0 Å². The molecule has 1 aliphatic heterocycles. The average Bonchev–Trinajstić information content (AvgIpc) is 2.79. The van der Waals surface area contributed by atoms with E-state index < -0.39 is 12.0 Å². The first-order chi connectivity index (χ1) is 10.1. The summed E-state index contributed by atoms with van der Waals surface area (Å²) in [6.07, 6.45) is 0.0157. The zero-order valence-corrected chi connectivity index (χ0v) is 11.8. The summed E-state index contributed by atoms with van der Waals surface area (Å²) in [6.45, 7) is -0.114. The summed E-state index contributed by atoms with van der Waals surface area (Å²) in [4.78, 5) is 36.4. The Morgan fingerprint density at radius 2 is 1.95 bits per heavy atom. The van der Waals surface area contributed by atoms with Gasteiger partial charge in [0, 0.05) is 0 Å². The maximum absolute atomic E-state index is 12.2. The first-order valence-electron chi connectivity index (χ1n) is 6.38. The Morgan fingerprint density at radius 3 is 2.52 bits per heavy atom. The molecule has 1 heterocycles. The molecule has 1 fully saturated rings. The number of carbonyl (C=O) groups is 3. The molecule has 1 saturated heterocycles. The van der Waals surface area contributed by atoms with E-state index >= 15 is 0 Å².